The van der Waals surface area contributed by atoms with E-state index in [1.54, 1.807) is 35.2 Å². The fourth-order valence-electron chi connectivity index (χ4n) is 2.28. The number of nitrogens with one attached hydrogen (secondary N) is 1. The number of amides is 2. The first-order valence-electron chi connectivity index (χ1n) is 7.63. The molecule has 2 amide bonds. The molecule has 6 heteroatoms. The zero-order valence-electron chi connectivity index (χ0n) is 14.0. The summed E-state index contributed by atoms with van der Waals surface area (Å²) in [5.74, 6) is -1.26. The standard InChI is InChI=1S/C17H24N2O4/c1-12(2)19(13(3)4)15(20)11-23-16(21)10-18-17(22)14-8-6-5-7-9-14/h5-9,12-13H,10-11H2,1-4H3,(H,18,22). The molecule has 1 rings (SSSR count). The minimum atomic E-state index is -0.643. The van der Waals surface area contributed by atoms with E-state index in [4.69, 9.17) is 4.74 Å². The number of carbonyl (C=O) groups is 3. The van der Waals surface area contributed by atoms with E-state index in [1.165, 1.54) is 0 Å². The summed E-state index contributed by atoms with van der Waals surface area (Å²) in [6, 6.07) is 8.61. The van der Waals surface area contributed by atoms with Crippen LogP contribution < -0.4 is 5.32 Å². The average molecular weight is 320 g/mol. The largest absolute Gasteiger partial charge is 0.454 e. The van der Waals surface area contributed by atoms with Crippen molar-refractivity contribution in [3.8, 4) is 0 Å². The van der Waals surface area contributed by atoms with E-state index in [0.717, 1.165) is 0 Å². The molecule has 1 aromatic rings. The second kappa shape index (κ2) is 8.92. The van der Waals surface area contributed by atoms with E-state index in [-0.39, 0.29) is 37.0 Å². The van der Waals surface area contributed by atoms with Crippen LogP contribution in [0, 0.1) is 0 Å². The first-order chi connectivity index (χ1) is 10.8. The van der Waals surface area contributed by atoms with Gasteiger partial charge < -0.3 is 15.0 Å². The Labute approximate surface area is 136 Å². The van der Waals surface area contributed by atoms with E-state index in [0.29, 0.717) is 5.56 Å². The Morgan fingerprint density at radius 1 is 1.04 bits per heavy atom. The molecule has 23 heavy (non-hydrogen) atoms. The normalized spacial score (nSPS) is 10.5. The van der Waals surface area contributed by atoms with Crippen LogP contribution in [0.4, 0.5) is 0 Å². The van der Waals surface area contributed by atoms with Gasteiger partial charge in [0, 0.05) is 17.6 Å². The maximum atomic E-state index is 12.1. The number of carbonyl (C=O) groups excluding carboxylic acids is 3. The van der Waals surface area contributed by atoms with Crippen molar-refractivity contribution in [2.24, 2.45) is 0 Å². The molecule has 0 atom stereocenters. The van der Waals surface area contributed by atoms with Crippen molar-refractivity contribution in [1.29, 1.82) is 0 Å². The number of nitrogens with zero attached hydrogens (tertiary/aromatic N) is 1. The van der Waals surface area contributed by atoms with Gasteiger partial charge in [-0.1, -0.05) is 18.2 Å². The molecule has 0 aromatic heterocycles. The summed E-state index contributed by atoms with van der Waals surface area (Å²) in [7, 11) is 0. The number of ether oxygens (including phenoxy) is 1. The molecule has 0 bridgehead atoms. The lowest BCUT2D eigenvalue weighted by atomic mass is 10.2. The van der Waals surface area contributed by atoms with Crippen molar-refractivity contribution < 1.29 is 19.1 Å². The Hall–Kier alpha value is -2.37. The lowest BCUT2D eigenvalue weighted by Crippen LogP contribution is -2.44. The number of esters is 1. The highest BCUT2D eigenvalue weighted by Crippen LogP contribution is 2.05. The van der Waals surface area contributed by atoms with E-state index >= 15 is 0 Å². The predicted molar refractivity (Wildman–Crippen MR) is 86.9 cm³/mol. The highest BCUT2D eigenvalue weighted by atomic mass is 16.5. The monoisotopic (exact) mass is 320 g/mol. The van der Waals surface area contributed by atoms with Crippen molar-refractivity contribution in [2.45, 2.75) is 39.8 Å². The molecular weight excluding hydrogens is 296 g/mol. The second-order valence-corrected chi connectivity index (χ2v) is 5.70. The first kappa shape index (κ1) is 18.7. The van der Waals surface area contributed by atoms with Gasteiger partial charge >= 0.3 is 5.97 Å². The lowest BCUT2D eigenvalue weighted by Gasteiger charge is -2.30. The predicted octanol–water partition coefficient (Wildman–Crippen LogP) is 1.60. The molecule has 0 radical (unpaired) electrons. The van der Waals surface area contributed by atoms with Crippen molar-refractivity contribution in [1.82, 2.24) is 10.2 Å². The average Bonchev–Trinajstić information content (AvgIpc) is 2.50. The zero-order chi connectivity index (χ0) is 17.4. The Morgan fingerprint density at radius 3 is 2.13 bits per heavy atom. The summed E-state index contributed by atoms with van der Waals surface area (Å²) in [4.78, 5) is 37.1. The van der Waals surface area contributed by atoms with Gasteiger partial charge in [0.25, 0.3) is 11.8 Å². The van der Waals surface area contributed by atoms with Crippen LogP contribution in [0.5, 0.6) is 0 Å². The topological polar surface area (TPSA) is 75.7 Å². The highest BCUT2D eigenvalue weighted by Gasteiger charge is 2.21. The zero-order valence-corrected chi connectivity index (χ0v) is 14.0. The van der Waals surface area contributed by atoms with Gasteiger partial charge in [0.15, 0.2) is 6.61 Å². The summed E-state index contributed by atoms with van der Waals surface area (Å²) < 4.78 is 4.93. The van der Waals surface area contributed by atoms with Gasteiger partial charge in [-0.25, -0.2) is 0 Å². The molecule has 1 N–H and O–H groups in total. The van der Waals surface area contributed by atoms with Gasteiger partial charge in [-0.3, -0.25) is 14.4 Å². The van der Waals surface area contributed by atoms with Crippen LogP contribution in [0.25, 0.3) is 0 Å². The van der Waals surface area contributed by atoms with Crippen molar-refractivity contribution in [2.75, 3.05) is 13.2 Å². The third-order valence-corrected chi connectivity index (χ3v) is 3.19. The molecule has 0 saturated heterocycles. The van der Waals surface area contributed by atoms with E-state index < -0.39 is 5.97 Å². The first-order valence-corrected chi connectivity index (χ1v) is 7.63. The summed E-state index contributed by atoms with van der Waals surface area (Å²) in [5.41, 5.74) is 0.460. The van der Waals surface area contributed by atoms with Crippen LogP contribution in [0.15, 0.2) is 30.3 Å². The van der Waals surface area contributed by atoms with Crippen LogP contribution >= 0.6 is 0 Å². The number of benzene rings is 1. The van der Waals surface area contributed by atoms with E-state index in [1.807, 2.05) is 27.7 Å². The SMILES string of the molecule is CC(C)N(C(=O)COC(=O)CNC(=O)c1ccccc1)C(C)C. The summed E-state index contributed by atoms with van der Waals surface area (Å²) in [5, 5.41) is 2.46. The second-order valence-electron chi connectivity index (χ2n) is 5.70. The molecule has 0 spiro atoms. The molecular formula is C17H24N2O4. The molecule has 0 aliphatic rings. The molecule has 6 nitrogen and oxygen atoms in total. The lowest BCUT2D eigenvalue weighted by molar-refractivity contribution is -0.152. The fraction of sp³-hybridized carbons (Fsp3) is 0.471. The van der Waals surface area contributed by atoms with Crippen LogP contribution in [-0.2, 0) is 14.3 Å². The Morgan fingerprint density at radius 2 is 1.61 bits per heavy atom. The number of rotatable bonds is 7. The van der Waals surface area contributed by atoms with Gasteiger partial charge in [-0.05, 0) is 39.8 Å². The molecule has 0 aliphatic carbocycles. The fourth-order valence-corrected chi connectivity index (χ4v) is 2.28. The van der Waals surface area contributed by atoms with Crippen molar-refractivity contribution in [3.63, 3.8) is 0 Å². The molecule has 0 unspecified atom stereocenters. The van der Waals surface area contributed by atoms with Crippen molar-refractivity contribution in [3.05, 3.63) is 35.9 Å². The van der Waals surface area contributed by atoms with Gasteiger partial charge in [-0.15, -0.1) is 0 Å². The van der Waals surface area contributed by atoms with Gasteiger partial charge in [0.1, 0.15) is 6.54 Å². The van der Waals surface area contributed by atoms with Crippen LogP contribution in [0.1, 0.15) is 38.1 Å². The third kappa shape index (κ3) is 6.10. The Kier molecular flexibility index (Phi) is 7.25. The smallest absolute Gasteiger partial charge is 0.325 e. The third-order valence-electron chi connectivity index (χ3n) is 3.19. The highest BCUT2D eigenvalue weighted by molar-refractivity contribution is 5.96. The Bertz CT molecular complexity index is 533. The van der Waals surface area contributed by atoms with Crippen molar-refractivity contribution >= 4 is 17.8 Å². The van der Waals surface area contributed by atoms with Gasteiger partial charge in [0.2, 0.25) is 0 Å². The number of hydrogen-bond acceptors (Lipinski definition) is 4. The van der Waals surface area contributed by atoms with E-state index in [2.05, 4.69) is 5.32 Å². The molecule has 0 heterocycles. The molecule has 0 aliphatic heterocycles. The van der Waals surface area contributed by atoms with E-state index in [9.17, 15) is 14.4 Å². The molecule has 1 aromatic carbocycles. The van der Waals surface area contributed by atoms with Crippen LogP contribution in [-0.4, -0.2) is 47.9 Å². The summed E-state index contributed by atoms with van der Waals surface area (Å²) >= 11 is 0. The summed E-state index contributed by atoms with van der Waals surface area (Å²) in [6.07, 6.45) is 0. The maximum Gasteiger partial charge on any atom is 0.325 e. The molecule has 0 saturated carbocycles. The minimum absolute atomic E-state index is 0.0268. The summed E-state index contributed by atoms with van der Waals surface area (Å²) in [6.45, 7) is 7.01. The maximum absolute atomic E-state index is 12.1. The van der Waals surface area contributed by atoms with Crippen LogP contribution in [0.3, 0.4) is 0 Å². The minimum Gasteiger partial charge on any atom is -0.454 e. The van der Waals surface area contributed by atoms with Gasteiger partial charge in [0.05, 0.1) is 0 Å². The van der Waals surface area contributed by atoms with Crippen LogP contribution in [0.2, 0.25) is 0 Å². The number of hydrogen-bond donors (Lipinski definition) is 1. The van der Waals surface area contributed by atoms with Gasteiger partial charge in [-0.2, -0.15) is 0 Å². The molecule has 126 valence electrons. The molecule has 0 fully saturated rings. The Balaban J connectivity index is 2.40. The quantitative estimate of drug-likeness (QED) is 0.774.